The van der Waals surface area contributed by atoms with Crippen molar-refractivity contribution in [1.82, 2.24) is 9.88 Å². The number of aromatic nitrogens is 1. The van der Waals surface area contributed by atoms with Crippen molar-refractivity contribution in [2.24, 2.45) is 5.16 Å². The molecule has 1 atom stereocenters. The lowest BCUT2D eigenvalue weighted by Gasteiger charge is -2.38. The molecule has 2 aliphatic rings. The number of piperidine rings is 1. The Kier molecular flexibility index (Phi) is 4.77. The quantitative estimate of drug-likeness (QED) is 0.885. The van der Waals surface area contributed by atoms with Crippen LogP contribution in [-0.4, -0.2) is 46.1 Å². The number of nitrogens with zero attached hydrogens (tertiary/aromatic N) is 3. The topological polar surface area (TPSA) is 83.9 Å². The van der Waals surface area contributed by atoms with Gasteiger partial charge in [-0.1, -0.05) is 17.3 Å². The van der Waals surface area contributed by atoms with Crippen molar-refractivity contribution in [2.45, 2.75) is 24.9 Å². The van der Waals surface area contributed by atoms with Gasteiger partial charge in [0.05, 0.1) is 24.0 Å². The van der Waals surface area contributed by atoms with Crippen LogP contribution in [0.2, 0.25) is 0 Å². The molecule has 1 aromatic carbocycles. The summed E-state index contributed by atoms with van der Waals surface area (Å²) in [5.74, 6) is -1.29. The van der Waals surface area contributed by atoms with E-state index in [1.807, 2.05) is 0 Å². The third-order valence-electron chi connectivity index (χ3n) is 4.95. The third-order valence-corrected chi connectivity index (χ3v) is 4.95. The van der Waals surface area contributed by atoms with Crippen molar-refractivity contribution in [3.63, 3.8) is 0 Å². The Morgan fingerprint density at radius 1 is 1.21 bits per heavy atom. The Bertz CT molecular complexity index is 934. The highest BCUT2D eigenvalue weighted by Gasteiger charge is 2.45. The number of rotatable bonds is 3. The lowest BCUT2D eigenvalue weighted by Crippen LogP contribution is -2.51. The number of hydrogen-bond acceptors (Lipinski definition) is 5. The first-order chi connectivity index (χ1) is 13.6. The van der Waals surface area contributed by atoms with Crippen molar-refractivity contribution in [3.8, 4) is 0 Å². The van der Waals surface area contributed by atoms with Gasteiger partial charge in [0.1, 0.15) is 11.5 Å². The summed E-state index contributed by atoms with van der Waals surface area (Å²) in [4.78, 5) is 36.3. The van der Waals surface area contributed by atoms with E-state index in [4.69, 9.17) is 4.84 Å². The van der Waals surface area contributed by atoms with Gasteiger partial charge in [0.25, 0.3) is 11.8 Å². The Labute approximate surface area is 161 Å². The van der Waals surface area contributed by atoms with Crippen molar-refractivity contribution >= 4 is 23.2 Å². The number of anilines is 1. The molecule has 0 bridgehead atoms. The highest BCUT2D eigenvalue weighted by molar-refractivity contribution is 6.43. The second-order valence-corrected chi connectivity index (χ2v) is 6.99. The molecule has 2 amide bonds. The van der Waals surface area contributed by atoms with Crippen molar-refractivity contribution in [3.05, 3.63) is 60.2 Å². The van der Waals surface area contributed by atoms with Crippen molar-refractivity contribution < 1.29 is 18.8 Å². The number of carbonyl (C=O) groups excluding carboxylic acids is 2. The number of hydrogen-bond donors (Lipinski definition) is 1. The molecule has 28 heavy (non-hydrogen) atoms. The number of nitrogens with one attached hydrogen (secondary N) is 1. The normalized spacial score (nSPS) is 21.2. The molecule has 4 rings (SSSR count). The molecule has 1 N–H and O–H groups in total. The molecule has 2 aromatic rings. The fraction of sp³-hybridized carbons (Fsp3) is 0.300. The summed E-state index contributed by atoms with van der Waals surface area (Å²) in [6, 6.07) is 9.36. The van der Waals surface area contributed by atoms with Crippen LogP contribution in [0.3, 0.4) is 0 Å². The predicted octanol–water partition coefficient (Wildman–Crippen LogP) is 2.61. The molecule has 3 heterocycles. The van der Waals surface area contributed by atoms with E-state index in [1.165, 1.54) is 12.1 Å². The summed E-state index contributed by atoms with van der Waals surface area (Å²) in [5.41, 5.74) is 0.119. The largest absolute Gasteiger partial charge is 0.386 e. The van der Waals surface area contributed by atoms with E-state index in [-0.39, 0.29) is 29.6 Å². The monoisotopic (exact) mass is 382 g/mol. The van der Waals surface area contributed by atoms with Gasteiger partial charge in [-0.05, 0) is 37.1 Å². The first-order valence-corrected chi connectivity index (χ1v) is 9.07. The Morgan fingerprint density at radius 3 is 2.86 bits per heavy atom. The van der Waals surface area contributed by atoms with Gasteiger partial charge < -0.3 is 15.1 Å². The van der Waals surface area contributed by atoms with Crippen LogP contribution >= 0.6 is 0 Å². The van der Waals surface area contributed by atoms with E-state index in [2.05, 4.69) is 15.5 Å². The van der Waals surface area contributed by atoms with Crippen LogP contribution < -0.4 is 5.32 Å². The molecule has 0 radical (unpaired) electrons. The van der Waals surface area contributed by atoms with E-state index in [9.17, 15) is 14.0 Å². The number of pyridine rings is 1. The van der Waals surface area contributed by atoms with E-state index in [0.29, 0.717) is 31.5 Å². The molecule has 2 aliphatic heterocycles. The van der Waals surface area contributed by atoms with Crippen LogP contribution in [0, 0.1) is 5.82 Å². The minimum atomic E-state index is -0.749. The Balaban J connectivity index is 1.43. The summed E-state index contributed by atoms with van der Waals surface area (Å²) in [5, 5.41) is 6.70. The van der Waals surface area contributed by atoms with Gasteiger partial charge in [-0.2, -0.15) is 0 Å². The standard InChI is InChI=1S/C20H19FN4O3/c21-16-7-2-1-6-15(16)19(27)25-10-4-8-20(13-25)11-17(24-28-20)18(26)23-14-5-3-9-22-12-14/h1-3,5-7,9,12H,4,8,10-11,13H2,(H,23,26)/t20-/m0/s1. The SMILES string of the molecule is O=C(Nc1cccnc1)C1=NO[C@@]2(CCCN(C(=O)c3ccccc3F)C2)C1. The van der Waals surface area contributed by atoms with E-state index < -0.39 is 11.4 Å². The lowest BCUT2D eigenvalue weighted by atomic mass is 9.87. The predicted molar refractivity (Wildman–Crippen MR) is 100 cm³/mol. The summed E-state index contributed by atoms with van der Waals surface area (Å²) in [6.07, 6.45) is 4.80. The second kappa shape index (κ2) is 7.38. The van der Waals surface area contributed by atoms with Crippen LogP contribution in [0.5, 0.6) is 0 Å². The molecule has 0 saturated carbocycles. The van der Waals surface area contributed by atoms with Gasteiger partial charge in [-0.25, -0.2) is 4.39 Å². The zero-order valence-electron chi connectivity index (χ0n) is 15.1. The minimum absolute atomic E-state index is 0.0352. The van der Waals surface area contributed by atoms with Crippen LogP contribution in [0.1, 0.15) is 29.6 Å². The number of likely N-dealkylation sites (tertiary alicyclic amines) is 1. The second-order valence-electron chi connectivity index (χ2n) is 6.99. The van der Waals surface area contributed by atoms with E-state index >= 15 is 0 Å². The van der Waals surface area contributed by atoms with Crippen molar-refractivity contribution in [2.75, 3.05) is 18.4 Å². The zero-order valence-corrected chi connectivity index (χ0v) is 15.1. The van der Waals surface area contributed by atoms with Crippen LogP contribution in [0.4, 0.5) is 10.1 Å². The molecular formula is C20H19FN4O3. The summed E-state index contributed by atoms with van der Waals surface area (Å²) < 4.78 is 14.0. The van der Waals surface area contributed by atoms with Gasteiger partial charge in [0.2, 0.25) is 0 Å². The van der Waals surface area contributed by atoms with Gasteiger partial charge >= 0.3 is 0 Å². The van der Waals surface area contributed by atoms with Gasteiger partial charge in [0.15, 0.2) is 5.60 Å². The number of halogens is 1. The van der Waals surface area contributed by atoms with Crippen molar-refractivity contribution in [1.29, 1.82) is 0 Å². The van der Waals surface area contributed by atoms with Gasteiger partial charge in [-0.3, -0.25) is 14.6 Å². The molecular weight excluding hydrogens is 363 g/mol. The Hall–Kier alpha value is -3.29. The van der Waals surface area contributed by atoms with E-state index in [0.717, 1.165) is 0 Å². The maximum atomic E-state index is 14.0. The zero-order chi connectivity index (χ0) is 19.6. The Morgan fingerprint density at radius 2 is 2.07 bits per heavy atom. The maximum absolute atomic E-state index is 14.0. The summed E-state index contributed by atoms with van der Waals surface area (Å²) in [7, 11) is 0. The molecule has 0 aliphatic carbocycles. The fourth-order valence-corrected chi connectivity index (χ4v) is 3.58. The molecule has 144 valence electrons. The van der Waals surface area contributed by atoms with Crippen LogP contribution in [0.25, 0.3) is 0 Å². The number of benzene rings is 1. The number of amides is 2. The number of oxime groups is 1. The average molecular weight is 382 g/mol. The van der Waals surface area contributed by atoms with E-state index in [1.54, 1.807) is 41.6 Å². The minimum Gasteiger partial charge on any atom is -0.386 e. The summed E-state index contributed by atoms with van der Waals surface area (Å²) >= 11 is 0. The summed E-state index contributed by atoms with van der Waals surface area (Å²) in [6.45, 7) is 0.767. The molecule has 8 heteroatoms. The molecule has 1 spiro atoms. The third kappa shape index (κ3) is 3.58. The molecule has 1 aromatic heterocycles. The fourth-order valence-electron chi connectivity index (χ4n) is 3.58. The highest BCUT2D eigenvalue weighted by Crippen LogP contribution is 2.34. The molecule has 1 saturated heterocycles. The molecule has 1 fully saturated rings. The number of carbonyl (C=O) groups is 2. The molecule has 0 unspecified atom stereocenters. The van der Waals surface area contributed by atoms with Crippen LogP contribution in [-0.2, 0) is 9.63 Å². The smallest absolute Gasteiger partial charge is 0.273 e. The van der Waals surface area contributed by atoms with Gasteiger partial charge in [0, 0.05) is 19.2 Å². The highest BCUT2D eigenvalue weighted by atomic mass is 19.1. The first kappa shape index (κ1) is 18.1. The van der Waals surface area contributed by atoms with Crippen LogP contribution in [0.15, 0.2) is 53.9 Å². The van der Waals surface area contributed by atoms with Gasteiger partial charge in [-0.15, -0.1) is 0 Å². The molecule has 7 nitrogen and oxygen atoms in total. The average Bonchev–Trinajstić information content (AvgIpc) is 3.12. The first-order valence-electron chi connectivity index (χ1n) is 9.07. The maximum Gasteiger partial charge on any atom is 0.273 e. The lowest BCUT2D eigenvalue weighted by molar-refractivity contribution is -0.110.